The molecule has 2 aromatic carbocycles. The number of carbonyl (C=O) groups excluding carboxylic acids is 2. The molecule has 6 rings (SSSR count). The molecule has 35 heavy (non-hydrogen) atoms. The van der Waals surface area contributed by atoms with Gasteiger partial charge in [-0.1, -0.05) is 44.2 Å². The fourth-order valence-electron chi connectivity index (χ4n) is 5.45. The van der Waals surface area contributed by atoms with Gasteiger partial charge < -0.3 is 30.3 Å². The van der Waals surface area contributed by atoms with Crippen LogP contribution in [0.5, 0.6) is 5.75 Å². The Morgan fingerprint density at radius 1 is 1.20 bits per heavy atom. The third-order valence-electron chi connectivity index (χ3n) is 7.15. The van der Waals surface area contributed by atoms with Gasteiger partial charge in [-0.3, -0.25) is 4.79 Å². The van der Waals surface area contributed by atoms with E-state index in [-0.39, 0.29) is 23.4 Å². The Balaban J connectivity index is 1.71. The molecule has 1 spiro atoms. The lowest BCUT2D eigenvalue weighted by Crippen LogP contribution is -2.45. The zero-order chi connectivity index (χ0) is 24.5. The molecule has 3 aliphatic heterocycles. The molecule has 1 aromatic heterocycles. The first-order valence-corrected chi connectivity index (χ1v) is 11.7. The molecule has 0 aliphatic carbocycles. The summed E-state index contributed by atoms with van der Waals surface area (Å²) >= 11 is 0. The highest BCUT2D eigenvalue weighted by Gasteiger charge is 2.61. The Labute approximate surface area is 202 Å². The van der Waals surface area contributed by atoms with Gasteiger partial charge in [-0.25, -0.2) is 9.78 Å². The SMILES string of the molecule is COC(=O)c1nc2oc1C13c4ccccc4NC1Oc1ccc(cc13)C[C@H](N)C(=O)N[C@H]2C(C)C. The van der Waals surface area contributed by atoms with Crippen LogP contribution in [0.25, 0.3) is 0 Å². The molecule has 3 aliphatic rings. The van der Waals surface area contributed by atoms with Crippen molar-refractivity contribution in [2.24, 2.45) is 11.7 Å². The number of esters is 1. The number of aromatic nitrogens is 1. The number of hydrogen-bond acceptors (Lipinski definition) is 8. The maximum atomic E-state index is 13.0. The number of amides is 1. The molecular weight excluding hydrogens is 448 g/mol. The van der Waals surface area contributed by atoms with Crippen molar-refractivity contribution in [1.29, 1.82) is 0 Å². The van der Waals surface area contributed by atoms with E-state index in [0.717, 1.165) is 22.4 Å². The Morgan fingerprint density at radius 2 is 2.00 bits per heavy atom. The Bertz CT molecular complexity index is 1370. The van der Waals surface area contributed by atoms with Crippen LogP contribution in [-0.4, -0.2) is 36.2 Å². The van der Waals surface area contributed by atoms with Crippen LogP contribution < -0.4 is 21.1 Å². The molecule has 9 heteroatoms. The van der Waals surface area contributed by atoms with Gasteiger partial charge in [0.15, 0.2) is 17.7 Å². The number of nitrogens with zero attached hydrogens (tertiary/aromatic N) is 1. The zero-order valence-electron chi connectivity index (χ0n) is 19.6. The average molecular weight is 475 g/mol. The minimum atomic E-state index is -0.995. The number of oxazole rings is 1. The zero-order valence-corrected chi connectivity index (χ0v) is 19.6. The summed E-state index contributed by atoms with van der Waals surface area (Å²) in [6.45, 7) is 3.88. The lowest BCUT2D eigenvalue weighted by atomic mass is 9.72. The summed E-state index contributed by atoms with van der Waals surface area (Å²) in [5, 5.41) is 6.43. The molecule has 9 nitrogen and oxygen atoms in total. The number of benzene rings is 2. The largest absolute Gasteiger partial charge is 0.469 e. The maximum absolute atomic E-state index is 13.0. The predicted molar refractivity (Wildman–Crippen MR) is 126 cm³/mol. The van der Waals surface area contributed by atoms with Crippen molar-refractivity contribution >= 4 is 17.6 Å². The van der Waals surface area contributed by atoms with Crippen LogP contribution in [-0.2, 0) is 21.4 Å². The third-order valence-corrected chi connectivity index (χ3v) is 7.15. The minimum Gasteiger partial charge on any atom is -0.469 e. The highest BCUT2D eigenvalue weighted by atomic mass is 16.5. The highest BCUT2D eigenvalue weighted by molar-refractivity contribution is 5.90. The van der Waals surface area contributed by atoms with E-state index in [0.29, 0.717) is 17.9 Å². The number of hydrogen-bond donors (Lipinski definition) is 3. The number of methoxy groups -OCH3 is 1. The van der Waals surface area contributed by atoms with Gasteiger partial charge in [0.2, 0.25) is 11.8 Å². The van der Waals surface area contributed by atoms with Crippen molar-refractivity contribution in [1.82, 2.24) is 10.3 Å². The minimum absolute atomic E-state index is 0.0521. The molecule has 3 aromatic rings. The van der Waals surface area contributed by atoms with E-state index in [2.05, 4.69) is 15.6 Å². The topological polar surface area (TPSA) is 129 Å². The first-order chi connectivity index (χ1) is 16.8. The maximum Gasteiger partial charge on any atom is 0.360 e. The first-order valence-electron chi connectivity index (χ1n) is 11.7. The Morgan fingerprint density at radius 3 is 2.77 bits per heavy atom. The lowest BCUT2D eigenvalue weighted by molar-refractivity contribution is -0.123. The van der Waals surface area contributed by atoms with Crippen molar-refractivity contribution in [2.75, 3.05) is 12.4 Å². The summed E-state index contributed by atoms with van der Waals surface area (Å²) in [4.78, 5) is 30.6. The molecule has 0 radical (unpaired) electrons. The summed E-state index contributed by atoms with van der Waals surface area (Å²) in [5.41, 5.74) is 8.84. The van der Waals surface area contributed by atoms with Gasteiger partial charge in [-0.2, -0.15) is 0 Å². The van der Waals surface area contributed by atoms with Gasteiger partial charge in [0.25, 0.3) is 0 Å². The molecule has 4 bridgehead atoms. The van der Waals surface area contributed by atoms with Gasteiger partial charge in [-0.15, -0.1) is 0 Å². The van der Waals surface area contributed by atoms with Crippen LogP contribution in [0.4, 0.5) is 5.69 Å². The number of anilines is 1. The van der Waals surface area contributed by atoms with Crippen LogP contribution in [0.15, 0.2) is 46.9 Å². The number of fused-ring (bicyclic) bond motifs is 4. The van der Waals surface area contributed by atoms with Crippen molar-refractivity contribution in [3.05, 3.63) is 76.5 Å². The van der Waals surface area contributed by atoms with Crippen LogP contribution >= 0.6 is 0 Å². The van der Waals surface area contributed by atoms with E-state index in [4.69, 9.17) is 19.6 Å². The van der Waals surface area contributed by atoms with Crippen molar-refractivity contribution in [3.63, 3.8) is 0 Å². The lowest BCUT2D eigenvalue weighted by Gasteiger charge is -2.28. The molecule has 2 unspecified atom stereocenters. The molecule has 1 amide bonds. The molecule has 180 valence electrons. The Hall–Kier alpha value is -3.85. The average Bonchev–Trinajstić information content (AvgIpc) is 3.50. The summed E-state index contributed by atoms with van der Waals surface area (Å²) in [6, 6.07) is 12.2. The van der Waals surface area contributed by atoms with Gasteiger partial charge in [0.05, 0.1) is 13.2 Å². The third kappa shape index (κ3) is 2.94. The van der Waals surface area contributed by atoms with Crippen LogP contribution in [0.1, 0.15) is 58.7 Å². The van der Waals surface area contributed by atoms with Crippen LogP contribution in [0, 0.1) is 5.92 Å². The molecule has 0 saturated carbocycles. The van der Waals surface area contributed by atoms with Crippen molar-refractivity contribution < 1.29 is 23.5 Å². The molecule has 4 atom stereocenters. The quantitative estimate of drug-likeness (QED) is 0.484. The normalized spacial score (nSPS) is 26.0. The number of nitrogens with two attached hydrogens (primary N) is 1. The van der Waals surface area contributed by atoms with Gasteiger partial charge >= 0.3 is 5.97 Å². The molecule has 0 saturated heterocycles. The smallest absolute Gasteiger partial charge is 0.360 e. The van der Waals surface area contributed by atoms with E-state index in [1.54, 1.807) is 0 Å². The second kappa shape index (κ2) is 7.58. The second-order valence-electron chi connectivity index (χ2n) is 9.59. The van der Waals surface area contributed by atoms with Gasteiger partial charge in [0.1, 0.15) is 17.2 Å². The number of rotatable bonds is 2. The summed E-state index contributed by atoms with van der Waals surface area (Å²) in [6.07, 6.45) is -0.228. The van der Waals surface area contributed by atoms with E-state index < -0.39 is 29.7 Å². The Kier molecular flexibility index (Phi) is 4.69. The fraction of sp³-hybridized carbons (Fsp3) is 0.346. The predicted octanol–water partition coefficient (Wildman–Crippen LogP) is 2.64. The molecular formula is C26H26N4O5. The highest BCUT2D eigenvalue weighted by Crippen LogP contribution is 2.58. The van der Waals surface area contributed by atoms with Crippen LogP contribution in [0.2, 0.25) is 0 Å². The van der Waals surface area contributed by atoms with E-state index in [1.165, 1.54) is 7.11 Å². The van der Waals surface area contributed by atoms with Gasteiger partial charge in [0, 0.05) is 11.3 Å². The molecule has 4 N–H and O–H groups in total. The number of para-hydroxylation sites is 1. The monoisotopic (exact) mass is 474 g/mol. The van der Waals surface area contributed by atoms with Crippen LogP contribution in [0.3, 0.4) is 0 Å². The number of carbonyl (C=O) groups is 2. The summed E-state index contributed by atoms with van der Waals surface area (Å²) in [7, 11) is 1.31. The summed E-state index contributed by atoms with van der Waals surface area (Å²) < 4.78 is 18.0. The summed E-state index contributed by atoms with van der Waals surface area (Å²) in [5.74, 6) is 0.172. The number of nitrogens with one attached hydrogen (secondary N) is 2. The fourth-order valence-corrected chi connectivity index (χ4v) is 5.45. The van der Waals surface area contributed by atoms with Crippen molar-refractivity contribution in [2.45, 2.75) is 44.0 Å². The molecule has 0 fully saturated rings. The van der Waals surface area contributed by atoms with Crippen molar-refractivity contribution in [3.8, 4) is 5.75 Å². The van der Waals surface area contributed by atoms with E-state index in [9.17, 15) is 9.59 Å². The van der Waals surface area contributed by atoms with E-state index >= 15 is 0 Å². The first kappa shape index (κ1) is 21.7. The van der Waals surface area contributed by atoms with Gasteiger partial charge in [-0.05, 0) is 35.6 Å². The molecule has 4 heterocycles. The van der Waals surface area contributed by atoms with E-state index in [1.807, 2.05) is 56.3 Å². The standard InChI is InChI=1S/C26H26N4O5/c1-12(2)19-23-30-20(24(32)33-3)21(35-23)26-14-6-4-5-7-17(14)28-25(26)34-18-9-8-13(10-15(18)26)11-16(27)22(31)29-19/h4-10,12,16,19,25,28H,11,27H2,1-3H3,(H,29,31)/t16-,19-,25?,26?/m0/s1. The number of ether oxygens (including phenoxy) is 2. The second-order valence-corrected chi connectivity index (χ2v) is 9.59.